The molecule has 1 aromatic heterocycles. The number of aryl methyl sites for hydroxylation is 1. The van der Waals surface area contributed by atoms with Gasteiger partial charge in [-0.2, -0.15) is 0 Å². The average molecular weight is 303 g/mol. The summed E-state index contributed by atoms with van der Waals surface area (Å²) in [6.07, 6.45) is 3.80. The van der Waals surface area contributed by atoms with Crippen LogP contribution < -0.4 is 4.90 Å². The van der Waals surface area contributed by atoms with Gasteiger partial charge in [0.05, 0.1) is 5.92 Å². The van der Waals surface area contributed by atoms with Gasteiger partial charge in [-0.25, -0.2) is 9.97 Å². The maximum Gasteiger partial charge on any atom is 0.227 e. The Morgan fingerprint density at radius 1 is 1.23 bits per heavy atom. The Bertz CT molecular complexity index is 527. The van der Waals surface area contributed by atoms with Crippen LogP contribution in [0.25, 0.3) is 0 Å². The summed E-state index contributed by atoms with van der Waals surface area (Å²) in [6, 6.07) is 1.90. The minimum atomic E-state index is 0.0845. The summed E-state index contributed by atoms with van der Waals surface area (Å²) < 4.78 is 0. The lowest BCUT2D eigenvalue weighted by atomic mass is 9.96. The molecule has 2 aliphatic heterocycles. The predicted molar refractivity (Wildman–Crippen MR) is 85.8 cm³/mol. The number of amides is 1. The molecule has 0 spiro atoms. The van der Waals surface area contributed by atoms with Crippen LogP contribution >= 0.6 is 0 Å². The van der Waals surface area contributed by atoms with Gasteiger partial charge in [-0.05, 0) is 32.9 Å². The van der Waals surface area contributed by atoms with Crippen molar-refractivity contribution in [3.8, 4) is 0 Å². The van der Waals surface area contributed by atoms with E-state index in [0.717, 1.165) is 63.8 Å². The van der Waals surface area contributed by atoms with E-state index in [-0.39, 0.29) is 5.92 Å². The lowest BCUT2D eigenvalue weighted by Gasteiger charge is -2.38. The number of nitrogens with zero attached hydrogens (tertiary/aromatic N) is 5. The normalized spacial score (nSPS) is 23.6. The van der Waals surface area contributed by atoms with Crippen molar-refractivity contribution in [1.29, 1.82) is 0 Å². The van der Waals surface area contributed by atoms with Crippen LogP contribution in [0, 0.1) is 12.8 Å². The highest BCUT2D eigenvalue weighted by Gasteiger charge is 2.31. The maximum absolute atomic E-state index is 12.7. The van der Waals surface area contributed by atoms with Crippen LogP contribution in [0.1, 0.15) is 18.5 Å². The van der Waals surface area contributed by atoms with Crippen LogP contribution in [0.15, 0.2) is 12.3 Å². The van der Waals surface area contributed by atoms with Crippen molar-refractivity contribution in [2.75, 3.05) is 51.2 Å². The molecular weight excluding hydrogens is 278 g/mol. The first kappa shape index (κ1) is 15.2. The number of carbonyl (C=O) groups excluding carboxylic acids is 1. The highest BCUT2D eigenvalue weighted by atomic mass is 16.2. The Kier molecular flexibility index (Phi) is 4.57. The van der Waals surface area contributed by atoms with Crippen molar-refractivity contribution in [3.63, 3.8) is 0 Å². The van der Waals surface area contributed by atoms with Gasteiger partial charge < -0.3 is 14.7 Å². The molecule has 6 nitrogen and oxygen atoms in total. The number of hydrogen-bond acceptors (Lipinski definition) is 5. The molecule has 0 aromatic carbocycles. The molecule has 0 N–H and O–H groups in total. The zero-order valence-electron chi connectivity index (χ0n) is 13.5. The van der Waals surface area contributed by atoms with Gasteiger partial charge in [0.25, 0.3) is 0 Å². The molecule has 120 valence electrons. The van der Waals surface area contributed by atoms with E-state index >= 15 is 0 Å². The van der Waals surface area contributed by atoms with Crippen LogP contribution in [0.3, 0.4) is 0 Å². The highest BCUT2D eigenvalue weighted by molar-refractivity contribution is 5.79. The number of piperidine rings is 1. The largest absolute Gasteiger partial charge is 0.340 e. The Hall–Kier alpha value is -1.69. The van der Waals surface area contributed by atoms with Gasteiger partial charge in [0.1, 0.15) is 0 Å². The van der Waals surface area contributed by atoms with Gasteiger partial charge in [-0.1, -0.05) is 0 Å². The van der Waals surface area contributed by atoms with Gasteiger partial charge in [0.15, 0.2) is 0 Å². The minimum absolute atomic E-state index is 0.0845. The smallest absolute Gasteiger partial charge is 0.227 e. The Morgan fingerprint density at radius 3 is 2.73 bits per heavy atom. The van der Waals surface area contributed by atoms with Crippen LogP contribution in [0.2, 0.25) is 0 Å². The van der Waals surface area contributed by atoms with Gasteiger partial charge in [-0.15, -0.1) is 0 Å². The van der Waals surface area contributed by atoms with E-state index in [1.807, 2.05) is 17.9 Å². The molecule has 0 saturated carbocycles. The number of aromatic nitrogens is 2. The number of hydrogen-bond donors (Lipinski definition) is 0. The Labute approximate surface area is 132 Å². The van der Waals surface area contributed by atoms with E-state index in [1.165, 1.54) is 0 Å². The van der Waals surface area contributed by atoms with E-state index in [4.69, 9.17) is 0 Å². The molecule has 6 heteroatoms. The third-order valence-corrected chi connectivity index (χ3v) is 4.65. The predicted octanol–water partition coefficient (Wildman–Crippen LogP) is 0.775. The van der Waals surface area contributed by atoms with E-state index in [9.17, 15) is 4.79 Å². The maximum atomic E-state index is 12.7. The van der Waals surface area contributed by atoms with E-state index < -0.39 is 0 Å². The quantitative estimate of drug-likeness (QED) is 0.808. The van der Waals surface area contributed by atoms with Crippen LogP contribution in [-0.2, 0) is 4.79 Å². The molecule has 0 radical (unpaired) electrons. The molecule has 22 heavy (non-hydrogen) atoms. The highest BCUT2D eigenvalue weighted by Crippen LogP contribution is 2.22. The van der Waals surface area contributed by atoms with Gasteiger partial charge in [0.2, 0.25) is 11.9 Å². The fraction of sp³-hybridized carbons (Fsp3) is 0.688. The van der Waals surface area contributed by atoms with Gasteiger partial charge in [0, 0.05) is 51.2 Å². The monoisotopic (exact) mass is 303 g/mol. The first-order valence-corrected chi connectivity index (χ1v) is 8.15. The van der Waals surface area contributed by atoms with E-state index in [0.29, 0.717) is 5.91 Å². The number of likely N-dealkylation sites (N-methyl/N-ethyl adjacent to an activating group) is 1. The van der Waals surface area contributed by atoms with E-state index in [1.54, 1.807) is 6.20 Å². The Balaban J connectivity index is 1.64. The summed E-state index contributed by atoms with van der Waals surface area (Å²) in [5.74, 6) is 1.16. The second kappa shape index (κ2) is 6.60. The molecule has 1 atom stereocenters. The van der Waals surface area contributed by atoms with Gasteiger partial charge >= 0.3 is 0 Å². The van der Waals surface area contributed by atoms with Crippen molar-refractivity contribution in [2.45, 2.75) is 19.8 Å². The van der Waals surface area contributed by atoms with Crippen LogP contribution in [0.4, 0.5) is 5.95 Å². The van der Waals surface area contributed by atoms with Crippen molar-refractivity contribution in [3.05, 3.63) is 18.0 Å². The van der Waals surface area contributed by atoms with Crippen molar-refractivity contribution < 1.29 is 4.79 Å². The fourth-order valence-electron chi connectivity index (χ4n) is 3.23. The molecule has 2 saturated heterocycles. The molecule has 1 amide bonds. The molecule has 0 aliphatic carbocycles. The first-order chi connectivity index (χ1) is 10.6. The molecule has 3 rings (SSSR count). The second-order valence-corrected chi connectivity index (χ2v) is 6.41. The third kappa shape index (κ3) is 3.38. The fourth-order valence-corrected chi connectivity index (χ4v) is 3.23. The topological polar surface area (TPSA) is 52.6 Å². The van der Waals surface area contributed by atoms with E-state index in [2.05, 4.69) is 26.8 Å². The van der Waals surface area contributed by atoms with Crippen molar-refractivity contribution >= 4 is 11.9 Å². The average Bonchev–Trinajstić information content (AvgIpc) is 2.55. The molecule has 3 heterocycles. The molecule has 1 aromatic rings. The summed E-state index contributed by atoms with van der Waals surface area (Å²) in [4.78, 5) is 28.1. The lowest BCUT2D eigenvalue weighted by molar-refractivity contribution is -0.137. The zero-order chi connectivity index (χ0) is 15.5. The number of anilines is 1. The summed E-state index contributed by atoms with van der Waals surface area (Å²) in [6.45, 7) is 7.32. The summed E-state index contributed by atoms with van der Waals surface area (Å²) in [5, 5.41) is 0. The molecular formula is C16H25N5O. The number of piperazine rings is 1. The zero-order valence-corrected chi connectivity index (χ0v) is 13.5. The Morgan fingerprint density at radius 2 is 2.00 bits per heavy atom. The number of carbonyl (C=O) groups is 1. The summed E-state index contributed by atoms with van der Waals surface area (Å²) in [5.41, 5.74) is 0.970. The first-order valence-electron chi connectivity index (χ1n) is 8.15. The third-order valence-electron chi connectivity index (χ3n) is 4.65. The standard InChI is InChI=1S/C16H25N5O/c1-13-5-6-17-16(18-13)21-7-3-4-14(12-21)15(22)20-10-8-19(2)9-11-20/h5-6,14H,3-4,7-12H2,1-2H3/t14-/m0/s1. The molecule has 0 unspecified atom stereocenters. The molecule has 2 aliphatic rings. The number of rotatable bonds is 2. The summed E-state index contributed by atoms with van der Waals surface area (Å²) >= 11 is 0. The molecule has 2 fully saturated rings. The van der Waals surface area contributed by atoms with Crippen LogP contribution in [-0.4, -0.2) is 72.0 Å². The lowest BCUT2D eigenvalue weighted by Crippen LogP contribution is -2.51. The van der Waals surface area contributed by atoms with Crippen molar-refractivity contribution in [1.82, 2.24) is 19.8 Å². The SMILES string of the molecule is Cc1ccnc(N2CCC[C@H](C(=O)N3CCN(C)CC3)C2)n1. The second-order valence-electron chi connectivity index (χ2n) is 6.41. The van der Waals surface area contributed by atoms with Crippen molar-refractivity contribution in [2.24, 2.45) is 5.92 Å². The van der Waals surface area contributed by atoms with Crippen LogP contribution in [0.5, 0.6) is 0 Å². The summed E-state index contributed by atoms with van der Waals surface area (Å²) in [7, 11) is 2.11. The minimum Gasteiger partial charge on any atom is -0.340 e. The molecule has 0 bridgehead atoms. The van der Waals surface area contributed by atoms with Gasteiger partial charge in [-0.3, -0.25) is 4.79 Å².